The first kappa shape index (κ1) is 14.4. The van der Waals surface area contributed by atoms with Gasteiger partial charge in [0, 0.05) is 11.3 Å². The fourth-order valence-electron chi connectivity index (χ4n) is 1.67. The van der Waals surface area contributed by atoms with Crippen molar-refractivity contribution < 1.29 is 14.5 Å². The Balaban J connectivity index is 1.97. The molecule has 0 radical (unpaired) electrons. The zero-order chi connectivity index (χ0) is 15.4. The van der Waals surface area contributed by atoms with E-state index in [1.54, 1.807) is 24.3 Å². The molecule has 21 heavy (non-hydrogen) atoms. The normalized spacial score (nSPS) is 10.1. The first-order valence-corrected chi connectivity index (χ1v) is 6.03. The highest BCUT2D eigenvalue weighted by Crippen LogP contribution is 2.11. The number of nitro groups is 1. The number of anilines is 1. The Hall–Kier alpha value is -3.03. The van der Waals surface area contributed by atoms with Gasteiger partial charge in [0.2, 0.25) is 5.91 Å². The molecule has 1 aromatic heterocycles. The molecule has 2 aromatic rings. The number of ketones is 1. The summed E-state index contributed by atoms with van der Waals surface area (Å²) < 4.78 is 1.18. The van der Waals surface area contributed by atoms with E-state index in [0.717, 1.165) is 6.20 Å². The average Bonchev–Trinajstić information content (AvgIpc) is 2.87. The predicted octanol–water partition coefficient (Wildman–Crippen LogP) is 1.63. The lowest BCUT2D eigenvalue weighted by atomic mass is 10.1. The van der Waals surface area contributed by atoms with Crippen LogP contribution < -0.4 is 5.32 Å². The Kier molecular flexibility index (Phi) is 4.07. The SMILES string of the molecule is CC(=O)c1ccc(NC(=O)Cn2cc([N+](=O)[O-])cn2)cc1. The van der Waals surface area contributed by atoms with Crippen LogP contribution in [-0.4, -0.2) is 26.4 Å². The van der Waals surface area contributed by atoms with Crippen molar-refractivity contribution in [1.82, 2.24) is 9.78 Å². The van der Waals surface area contributed by atoms with E-state index in [9.17, 15) is 19.7 Å². The van der Waals surface area contributed by atoms with Crippen LogP contribution in [0.4, 0.5) is 11.4 Å². The maximum absolute atomic E-state index is 11.8. The van der Waals surface area contributed by atoms with E-state index in [-0.39, 0.29) is 23.9 Å². The number of Topliss-reactive ketones (excluding diaryl/α,β-unsaturated/α-hetero) is 1. The molecule has 1 heterocycles. The fourth-order valence-corrected chi connectivity index (χ4v) is 1.67. The summed E-state index contributed by atoms with van der Waals surface area (Å²) in [5, 5.41) is 16.8. The lowest BCUT2D eigenvalue weighted by molar-refractivity contribution is -0.385. The van der Waals surface area contributed by atoms with Gasteiger partial charge in [0.05, 0.1) is 4.92 Å². The number of nitrogens with zero attached hydrogens (tertiary/aromatic N) is 3. The molecule has 0 saturated carbocycles. The highest BCUT2D eigenvalue weighted by molar-refractivity contribution is 5.95. The summed E-state index contributed by atoms with van der Waals surface area (Å²) in [7, 11) is 0. The molecule has 1 amide bonds. The number of hydrogen-bond donors (Lipinski definition) is 1. The molecule has 1 N–H and O–H groups in total. The van der Waals surface area contributed by atoms with Crippen molar-refractivity contribution in [2.75, 3.05) is 5.32 Å². The van der Waals surface area contributed by atoms with E-state index in [2.05, 4.69) is 10.4 Å². The third kappa shape index (κ3) is 3.72. The monoisotopic (exact) mass is 288 g/mol. The van der Waals surface area contributed by atoms with Gasteiger partial charge < -0.3 is 5.32 Å². The number of benzene rings is 1. The molecule has 0 bridgehead atoms. The molecule has 0 aliphatic heterocycles. The van der Waals surface area contributed by atoms with Crippen LogP contribution in [0.5, 0.6) is 0 Å². The summed E-state index contributed by atoms with van der Waals surface area (Å²) in [6, 6.07) is 6.44. The topological polar surface area (TPSA) is 107 Å². The van der Waals surface area contributed by atoms with Crippen molar-refractivity contribution >= 4 is 23.1 Å². The minimum Gasteiger partial charge on any atom is -0.324 e. The minimum atomic E-state index is -0.581. The van der Waals surface area contributed by atoms with Gasteiger partial charge in [-0.3, -0.25) is 24.4 Å². The molecular weight excluding hydrogens is 276 g/mol. The molecule has 0 atom stereocenters. The van der Waals surface area contributed by atoms with Crippen molar-refractivity contribution in [3.05, 3.63) is 52.3 Å². The summed E-state index contributed by atoms with van der Waals surface area (Å²) in [4.78, 5) is 32.8. The maximum Gasteiger partial charge on any atom is 0.307 e. The van der Waals surface area contributed by atoms with Gasteiger partial charge in [0.1, 0.15) is 18.9 Å². The van der Waals surface area contributed by atoms with Crippen LogP contribution in [0.25, 0.3) is 0 Å². The molecule has 0 aliphatic rings. The number of carbonyl (C=O) groups excluding carboxylic acids is 2. The molecule has 8 nitrogen and oxygen atoms in total. The van der Waals surface area contributed by atoms with E-state index in [1.807, 2.05) is 0 Å². The van der Waals surface area contributed by atoms with E-state index >= 15 is 0 Å². The molecule has 1 aromatic carbocycles. The Morgan fingerprint density at radius 3 is 2.52 bits per heavy atom. The largest absolute Gasteiger partial charge is 0.324 e. The third-order valence-corrected chi connectivity index (χ3v) is 2.71. The van der Waals surface area contributed by atoms with Crippen LogP contribution in [0.3, 0.4) is 0 Å². The van der Waals surface area contributed by atoms with E-state index < -0.39 is 4.92 Å². The van der Waals surface area contributed by atoms with Crippen LogP contribution in [0.1, 0.15) is 17.3 Å². The summed E-state index contributed by atoms with van der Waals surface area (Å²) >= 11 is 0. The summed E-state index contributed by atoms with van der Waals surface area (Å²) in [6.07, 6.45) is 2.26. The minimum absolute atomic E-state index is 0.0586. The summed E-state index contributed by atoms with van der Waals surface area (Å²) in [6.45, 7) is 1.32. The van der Waals surface area contributed by atoms with Gasteiger partial charge in [0.15, 0.2) is 5.78 Å². The van der Waals surface area contributed by atoms with Gasteiger partial charge in [-0.2, -0.15) is 5.10 Å². The quantitative estimate of drug-likeness (QED) is 0.511. The van der Waals surface area contributed by atoms with E-state index in [4.69, 9.17) is 0 Å². The number of carbonyl (C=O) groups is 2. The van der Waals surface area contributed by atoms with Gasteiger partial charge in [-0.25, -0.2) is 0 Å². The number of nitrogens with one attached hydrogen (secondary N) is 1. The number of hydrogen-bond acceptors (Lipinski definition) is 5. The first-order valence-electron chi connectivity index (χ1n) is 6.03. The van der Waals surface area contributed by atoms with Crippen molar-refractivity contribution in [2.45, 2.75) is 13.5 Å². The van der Waals surface area contributed by atoms with Crippen LogP contribution in [-0.2, 0) is 11.3 Å². The van der Waals surface area contributed by atoms with Crippen LogP contribution >= 0.6 is 0 Å². The Labute approximate surface area is 119 Å². The van der Waals surface area contributed by atoms with E-state index in [1.165, 1.54) is 17.8 Å². The van der Waals surface area contributed by atoms with Crippen LogP contribution in [0.2, 0.25) is 0 Å². The highest BCUT2D eigenvalue weighted by atomic mass is 16.6. The molecule has 108 valence electrons. The molecule has 0 aliphatic carbocycles. The number of aromatic nitrogens is 2. The van der Waals surface area contributed by atoms with E-state index in [0.29, 0.717) is 11.3 Å². The third-order valence-electron chi connectivity index (χ3n) is 2.71. The number of amides is 1. The van der Waals surface area contributed by atoms with Crippen molar-refractivity contribution in [3.63, 3.8) is 0 Å². The standard InChI is InChI=1S/C13H12N4O4/c1-9(18)10-2-4-11(5-3-10)15-13(19)8-16-7-12(6-14-16)17(20)21/h2-7H,8H2,1H3,(H,15,19). The lowest BCUT2D eigenvalue weighted by Gasteiger charge is -2.05. The van der Waals surface area contributed by atoms with Gasteiger partial charge in [0.25, 0.3) is 0 Å². The van der Waals surface area contributed by atoms with Gasteiger partial charge in [-0.15, -0.1) is 0 Å². The van der Waals surface area contributed by atoms with Crippen molar-refractivity contribution in [2.24, 2.45) is 0 Å². The molecule has 0 saturated heterocycles. The second kappa shape index (κ2) is 5.95. The van der Waals surface area contributed by atoms with Crippen LogP contribution in [0.15, 0.2) is 36.7 Å². The fraction of sp³-hybridized carbons (Fsp3) is 0.154. The van der Waals surface area contributed by atoms with Gasteiger partial charge >= 0.3 is 5.69 Å². The van der Waals surface area contributed by atoms with Crippen molar-refractivity contribution in [1.29, 1.82) is 0 Å². The average molecular weight is 288 g/mol. The second-order valence-electron chi connectivity index (χ2n) is 4.33. The molecule has 0 fully saturated rings. The van der Waals surface area contributed by atoms with Crippen LogP contribution in [0, 0.1) is 10.1 Å². The first-order chi connectivity index (χ1) is 9.95. The lowest BCUT2D eigenvalue weighted by Crippen LogP contribution is -2.19. The van der Waals surface area contributed by atoms with Gasteiger partial charge in [-0.1, -0.05) is 0 Å². The molecule has 2 rings (SSSR count). The molecule has 0 spiro atoms. The summed E-state index contributed by atoms with van der Waals surface area (Å²) in [5.41, 5.74) is 0.913. The zero-order valence-corrected chi connectivity index (χ0v) is 11.1. The zero-order valence-electron chi connectivity index (χ0n) is 11.1. The Morgan fingerprint density at radius 2 is 2.00 bits per heavy atom. The Morgan fingerprint density at radius 1 is 1.33 bits per heavy atom. The highest BCUT2D eigenvalue weighted by Gasteiger charge is 2.11. The smallest absolute Gasteiger partial charge is 0.307 e. The van der Waals surface area contributed by atoms with Gasteiger partial charge in [-0.05, 0) is 31.2 Å². The number of rotatable bonds is 5. The Bertz CT molecular complexity index is 690. The predicted molar refractivity (Wildman–Crippen MR) is 74.0 cm³/mol. The molecule has 0 unspecified atom stereocenters. The van der Waals surface area contributed by atoms with Crippen molar-refractivity contribution in [3.8, 4) is 0 Å². The summed E-state index contributed by atoms with van der Waals surface area (Å²) in [5.74, 6) is -0.430. The molecule has 8 heteroatoms. The second-order valence-corrected chi connectivity index (χ2v) is 4.33. The maximum atomic E-state index is 11.8. The molecular formula is C13H12N4O4.